The molecule has 6 heteroatoms. The lowest BCUT2D eigenvalue weighted by Crippen LogP contribution is -2.11. The first-order chi connectivity index (χ1) is 14.4. The second-order valence-corrected chi connectivity index (χ2v) is 7.43. The predicted octanol–water partition coefficient (Wildman–Crippen LogP) is 4.02. The van der Waals surface area contributed by atoms with Gasteiger partial charge in [-0.05, 0) is 43.2 Å². The van der Waals surface area contributed by atoms with E-state index < -0.39 is 18.5 Å². The molecule has 0 aliphatic carbocycles. The van der Waals surface area contributed by atoms with E-state index in [9.17, 15) is 9.59 Å². The molecular formula is C24H22N2O4. The van der Waals surface area contributed by atoms with Crippen molar-refractivity contribution in [3.8, 4) is 5.75 Å². The van der Waals surface area contributed by atoms with Crippen LogP contribution in [0.1, 0.15) is 27.0 Å². The van der Waals surface area contributed by atoms with E-state index >= 15 is 0 Å². The molecule has 4 aromatic rings. The molecule has 3 N–H and O–H groups in total. The van der Waals surface area contributed by atoms with Gasteiger partial charge in [-0.3, -0.25) is 4.79 Å². The van der Waals surface area contributed by atoms with Crippen LogP contribution in [0.2, 0.25) is 0 Å². The third-order valence-corrected chi connectivity index (χ3v) is 5.23. The first-order valence-electron chi connectivity index (χ1n) is 9.61. The molecule has 3 aromatic carbocycles. The number of nitrogens with zero attached hydrogens (tertiary/aromatic N) is 1. The fourth-order valence-electron chi connectivity index (χ4n) is 4.04. The molecular weight excluding hydrogens is 380 g/mol. The van der Waals surface area contributed by atoms with Crippen LogP contribution in [0.4, 0.5) is 0 Å². The molecule has 0 unspecified atom stereocenters. The number of amides is 1. The van der Waals surface area contributed by atoms with Crippen molar-refractivity contribution in [3.05, 3.63) is 76.9 Å². The van der Waals surface area contributed by atoms with Gasteiger partial charge in [0.05, 0.1) is 16.4 Å². The van der Waals surface area contributed by atoms with Gasteiger partial charge in [0.25, 0.3) is 0 Å². The zero-order valence-electron chi connectivity index (χ0n) is 16.8. The molecule has 0 aliphatic heterocycles. The molecule has 152 valence electrons. The van der Waals surface area contributed by atoms with Crippen LogP contribution in [-0.2, 0) is 11.3 Å². The number of primary amides is 1. The first-order valence-corrected chi connectivity index (χ1v) is 9.61. The maximum Gasteiger partial charge on any atom is 0.341 e. The van der Waals surface area contributed by atoms with Crippen LogP contribution in [0, 0.1) is 13.8 Å². The fraction of sp³-hybridized carbons (Fsp3) is 0.167. The van der Waals surface area contributed by atoms with Crippen molar-refractivity contribution in [1.29, 1.82) is 0 Å². The zero-order chi connectivity index (χ0) is 21.4. The maximum atomic E-state index is 12.2. The Bertz CT molecular complexity index is 1300. The van der Waals surface area contributed by atoms with Gasteiger partial charge < -0.3 is 20.1 Å². The van der Waals surface area contributed by atoms with Crippen molar-refractivity contribution < 1.29 is 19.4 Å². The van der Waals surface area contributed by atoms with Crippen molar-refractivity contribution in [2.45, 2.75) is 20.4 Å². The first kappa shape index (κ1) is 19.5. The average molecular weight is 402 g/mol. The highest BCUT2D eigenvalue weighted by Gasteiger charge is 2.21. The predicted molar refractivity (Wildman–Crippen MR) is 116 cm³/mol. The molecule has 0 atom stereocenters. The number of fused-ring (bicyclic) bond motifs is 3. The normalized spacial score (nSPS) is 11.1. The summed E-state index contributed by atoms with van der Waals surface area (Å²) in [6, 6.07) is 17.3. The minimum absolute atomic E-state index is 0.381. The molecule has 1 heterocycles. The number of hydrogen-bond donors (Lipinski definition) is 2. The van der Waals surface area contributed by atoms with E-state index in [1.165, 1.54) is 0 Å². The number of carbonyl (C=O) groups excluding carboxylic acids is 1. The lowest BCUT2D eigenvalue weighted by atomic mass is 10.0. The molecule has 0 bridgehead atoms. The number of aliphatic carboxylic acids is 1. The number of ether oxygens (including phenoxy) is 1. The monoisotopic (exact) mass is 402 g/mol. The topological polar surface area (TPSA) is 94.5 Å². The van der Waals surface area contributed by atoms with Crippen LogP contribution in [0.25, 0.3) is 21.8 Å². The summed E-state index contributed by atoms with van der Waals surface area (Å²) in [7, 11) is 0. The van der Waals surface area contributed by atoms with Gasteiger partial charge >= 0.3 is 5.97 Å². The summed E-state index contributed by atoms with van der Waals surface area (Å²) in [5.41, 5.74) is 11.1. The number of hydrogen-bond acceptors (Lipinski definition) is 3. The standard InChI is InChI=1S/C24H22N2O4/c1-14-5-3-6-16(11-14)12-26-18-8-4-7-17(24(25)29)21(18)22-19(30-13-20(27)28)10-9-15(2)23(22)26/h3-11H,12-13H2,1-2H3,(H2,25,29)(H,27,28). The van der Waals surface area contributed by atoms with Crippen LogP contribution in [0.5, 0.6) is 5.75 Å². The Morgan fingerprint density at radius 2 is 1.80 bits per heavy atom. The Kier molecular flexibility index (Phi) is 4.91. The van der Waals surface area contributed by atoms with E-state index in [0.717, 1.165) is 27.7 Å². The summed E-state index contributed by atoms with van der Waals surface area (Å²) < 4.78 is 7.73. The van der Waals surface area contributed by atoms with Crippen LogP contribution < -0.4 is 10.5 Å². The lowest BCUT2D eigenvalue weighted by molar-refractivity contribution is -0.139. The van der Waals surface area contributed by atoms with Gasteiger partial charge in [-0.1, -0.05) is 42.0 Å². The quantitative estimate of drug-likeness (QED) is 0.509. The van der Waals surface area contributed by atoms with Crippen molar-refractivity contribution in [1.82, 2.24) is 4.57 Å². The summed E-state index contributed by atoms with van der Waals surface area (Å²) in [5.74, 6) is -1.19. The number of benzene rings is 3. The van der Waals surface area contributed by atoms with E-state index in [2.05, 4.69) is 16.7 Å². The van der Waals surface area contributed by atoms with Gasteiger partial charge in [-0.2, -0.15) is 0 Å². The SMILES string of the molecule is Cc1cccc(Cn2c3cccc(C(N)=O)c3c3c(OCC(=O)O)ccc(C)c32)c1. The molecule has 0 aliphatic rings. The third-order valence-electron chi connectivity index (χ3n) is 5.23. The van der Waals surface area contributed by atoms with Crippen molar-refractivity contribution >= 4 is 33.7 Å². The van der Waals surface area contributed by atoms with Crippen molar-refractivity contribution in [2.75, 3.05) is 6.61 Å². The van der Waals surface area contributed by atoms with Crippen LogP contribution in [-0.4, -0.2) is 28.2 Å². The van der Waals surface area contributed by atoms with E-state index in [1.54, 1.807) is 18.2 Å². The van der Waals surface area contributed by atoms with Crippen LogP contribution in [0.3, 0.4) is 0 Å². The van der Waals surface area contributed by atoms with Gasteiger partial charge in [0.1, 0.15) is 5.75 Å². The number of aryl methyl sites for hydroxylation is 2. The number of rotatable bonds is 6. The van der Waals surface area contributed by atoms with Gasteiger partial charge in [-0.25, -0.2) is 4.79 Å². The molecule has 4 rings (SSSR count). The van der Waals surface area contributed by atoms with E-state index in [-0.39, 0.29) is 0 Å². The smallest absolute Gasteiger partial charge is 0.341 e. The number of aromatic nitrogens is 1. The highest BCUT2D eigenvalue weighted by molar-refractivity contribution is 6.20. The second-order valence-electron chi connectivity index (χ2n) is 7.43. The van der Waals surface area contributed by atoms with Crippen LogP contribution >= 0.6 is 0 Å². The molecule has 0 saturated heterocycles. The molecule has 0 spiro atoms. The summed E-state index contributed by atoms with van der Waals surface area (Å²) >= 11 is 0. The highest BCUT2D eigenvalue weighted by atomic mass is 16.5. The fourth-order valence-corrected chi connectivity index (χ4v) is 4.04. The zero-order valence-corrected chi connectivity index (χ0v) is 16.8. The Hall–Kier alpha value is -3.80. The molecule has 30 heavy (non-hydrogen) atoms. The van der Waals surface area contributed by atoms with E-state index in [0.29, 0.717) is 28.6 Å². The number of carbonyl (C=O) groups is 2. The molecule has 0 radical (unpaired) electrons. The lowest BCUT2D eigenvalue weighted by Gasteiger charge is -2.11. The summed E-state index contributed by atoms with van der Waals surface area (Å²) in [6.07, 6.45) is 0. The van der Waals surface area contributed by atoms with Gasteiger partial charge in [0.2, 0.25) is 5.91 Å². The Labute approximate surface area is 173 Å². The maximum absolute atomic E-state index is 12.2. The second kappa shape index (κ2) is 7.55. The average Bonchev–Trinajstić information content (AvgIpc) is 3.03. The van der Waals surface area contributed by atoms with Gasteiger partial charge in [0.15, 0.2) is 6.61 Å². The molecule has 1 aromatic heterocycles. The molecule has 1 amide bonds. The Morgan fingerprint density at radius 1 is 1.03 bits per heavy atom. The van der Waals surface area contributed by atoms with E-state index in [4.69, 9.17) is 15.6 Å². The summed E-state index contributed by atoms with van der Waals surface area (Å²) in [5, 5.41) is 10.5. The molecule has 0 fully saturated rings. The Morgan fingerprint density at radius 3 is 2.50 bits per heavy atom. The van der Waals surface area contributed by atoms with Gasteiger partial charge in [0, 0.05) is 17.5 Å². The highest BCUT2D eigenvalue weighted by Crippen LogP contribution is 2.39. The minimum atomic E-state index is -1.07. The van der Waals surface area contributed by atoms with E-state index in [1.807, 2.05) is 38.1 Å². The summed E-state index contributed by atoms with van der Waals surface area (Å²) in [4.78, 5) is 23.3. The minimum Gasteiger partial charge on any atom is -0.481 e. The number of carboxylic acid groups (broad SMARTS) is 1. The largest absolute Gasteiger partial charge is 0.481 e. The summed E-state index contributed by atoms with van der Waals surface area (Å²) in [6.45, 7) is 4.15. The van der Waals surface area contributed by atoms with Crippen molar-refractivity contribution in [3.63, 3.8) is 0 Å². The molecule has 6 nitrogen and oxygen atoms in total. The Balaban J connectivity index is 2.07. The number of nitrogens with two attached hydrogens (primary N) is 1. The number of carboxylic acids is 1. The third kappa shape index (κ3) is 3.37. The van der Waals surface area contributed by atoms with Gasteiger partial charge in [-0.15, -0.1) is 0 Å². The van der Waals surface area contributed by atoms with Crippen LogP contribution in [0.15, 0.2) is 54.6 Å². The van der Waals surface area contributed by atoms with Crippen molar-refractivity contribution in [2.24, 2.45) is 5.73 Å². The molecule has 0 saturated carbocycles.